The van der Waals surface area contributed by atoms with Gasteiger partial charge in [0.1, 0.15) is 19.3 Å². The number of rotatable bonds is 83. The summed E-state index contributed by atoms with van der Waals surface area (Å²) >= 11 is 0. The summed E-state index contributed by atoms with van der Waals surface area (Å²) in [5.41, 5.74) is 0. The first-order valence-electron chi connectivity index (χ1n) is 44.2. The van der Waals surface area contributed by atoms with E-state index in [0.717, 1.165) is 114 Å². The molecule has 0 aromatic carbocycles. The monoisotopic (exact) mass is 1540 g/mol. The predicted octanol–water partition coefficient (Wildman–Crippen LogP) is 25.9. The van der Waals surface area contributed by atoms with Crippen molar-refractivity contribution in [1.82, 2.24) is 0 Å². The number of hydrogen-bond donors (Lipinski definition) is 3. The largest absolute Gasteiger partial charge is 0.472 e. The number of hydrogen-bond acceptors (Lipinski definition) is 15. The maximum atomic E-state index is 13.1. The molecule has 0 rings (SSSR count). The van der Waals surface area contributed by atoms with Crippen LogP contribution in [-0.2, 0) is 65.4 Å². The summed E-state index contributed by atoms with van der Waals surface area (Å²) in [6.07, 6.45) is 64.1. The van der Waals surface area contributed by atoms with Crippen LogP contribution in [0.15, 0.2) is 0 Å². The highest BCUT2D eigenvalue weighted by molar-refractivity contribution is 7.47. The Morgan fingerprint density at radius 3 is 0.676 bits per heavy atom. The molecule has 0 aliphatic carbocycles. The van der Waals surface area contributed by atoms with Crippen LogP contribution in [0.4, 0.5) is 0 Å². The highest BCUT2D eigenvalue weighted by Gasteiger charge is 2.31. The first kappa shape index (κ1) is 103. The minimum absolute atomic E-state index is 0.106. The maximum absolute atomic E-state index is 13.1. The van der Waals surface area contributed by atoms with Crippen LogP contribution in [0.3, 0.4) is 0 Å². The Morgan fingerprint density at radius 2 is 0.457 bits per heavy atom. The number of carbonyl (C=O) groups excluding carboxylic acids is 4. The molecule has 105 heavy (non-hydrogen) atoms. The quantitative estimate of drug-likeness (QED) is 0.0222. The zero-order chi connectivity index (χ0) is 77.4. The van der Waals surface area contributed by atoms with Crippen molar-refractivity contribution in [2.45, 2.75) is 465 Å². The lowest BCUT2D eigenvalue weighted by molar-refractivity contribution is -0.161. The third-order valence-corrected chi connectivity index (χ3v) is 22.3. The number of esters is 4. The molecule has 0 heterocycles. The number of aliphatic hydroxyl groups is 1. The van der Waals surface area contributed by atoms with Gasteiger partial charge in [-0.05, 0) is 49.4 Å². The van der Waals surface area contributed by atoms with E-state index in [-0.39, 0.29) is 25.7 Å². The number of phosphoric acid groups is 2. The third kappa shape index (κ3) is 78.5. The Kier molecular flexibility index (Phi) is 73.4. The second-order valence-corrected chi connectivity index (χ2v) is 35.5. The van der Waals surface area contributed by atoms with Gasteiger partial charge in [0.2, 0.25) is 0 Å². The van der Waals surface area contributed by atoms with Crippen molar-refractivity contribution in [2.24, 2.45) is 23.7 Å². The second-order valence-electron chi connectivity index (χ2n) is 32.6. The average molecular weight is 1540 g/mol. The van der Waals surface area contributed by atoms with Crippen molar-refractivity contribution < 1.29 is 80.2 Å². The van der Waals surface area contributed by atoms with Crippen molar-refractivity contribution in [3.8, 4) is 0 Å². The smallest absolute Gasteiger partial charge is 0.462 e. The second kappa shape index (κ2) is 74.8. The molecule has 0 radical (unpaired) electrons. The summed E-state index contributed by atoms with van der Waals surface area (Å²) in [4.78, 5) is 73.1. The summed E-state index contributed by atoms with van der Waals surface area (Å²) in [5.74, 6) is 1.03. The van der Waals surface area contributed by atoms with Gasteiger partial charge in [0.15, 0.2) is 12.2 Å². The molecular formula is C86H168O17P2. The van der Waals surface area contributed by atoms with Gasteiger partial charge in [-0.2, -0.15) is 0 Å². The predicted molar refractivity (Wildman–Crippen MR) is 432 cm³/mol. The number of aliphatic hydroxyl groups excluding tert-OH is 1. The fourth-order valence-corrected chi connectivity index (χ4v) is 14.9. The topological polar surface area (TPSA) is 237 Å². The number of unbranched alkanes of at least 4 members (excludes halogenated alkanes) is 48. The Labute approximate surface area is 645 Å². The molecule has 0 spiro atoms. The molecule has 0 saturated heterocycles. The van der Waals surface area contributed by atoms with E-state index in [4.69, 9.17) is 37.0 Å². The Balaban J connectivity index is 5.20. The van der Waals surface area contributed by atoms with Crippen molar-refractivity contribution >= 4 is 39.5 Å². The van der Waals surface area contributed by atoms with Gasteiger partial charge in [0.05, 0.1) is 26.4 Å². The van der Waals surface area contributed by atoms with Crippen LogP contribution in [0, 0.1) is 23.7 Å². The molecule has 19 heteroatoms. The van der Waals surface area contributed by atoms with E-state index in [1.807, 2.05) is 0 Å². The Hall–Kier alpha value is -1.94. The van der Waals surface area contributed by atoms with Gasteiger partial charge in [-0.1, -0.05) is 396 Å². The summed E-state index contributed by atoms with van der Waals surface area (Å²) < 4.78 is 68.8. The van der Waals surface area contributed by atoms with E-state index in [2.05, 4.69) is 55.4 Å². The SMILES string of the molecule is CCC(C)CCCCCCCCCCCCCCCCCCCCC(=O)OC[C@H](COP(=O)(O)OC[C@@H](O)COP(=O)(O)OC[C@@H](COC(=O)CCCCCCCCC(C)C)OC(=O)CCCCCCCCCCCCCCC(C)C)OC(=O)CCCCCCCCCCCCCCCCCCC(C)C. The molecule has 17 nitrogen and oxygen atoms in total. The lowest BCUT2D eigenvalue weighted by Gasteiger charge is -2.21. The molecule has 0 aliphatic rings. The third-order valence-electron chi connectivity index (χ3n) is 20.4. The lowest BCUT2D eigenvalue weighted by Crippen LogP contribution is -2.30. The summed E-state index contributed by atoms with van der Waals surface area (Å²) in [7, 11) is -9.93. The maximum Gasteiger partial charge on any atom is 0.472 e. The summed E-state index contributed by atoms with van der Waals surface area (Å²) in [6.45, 7) is 14.3. The van der Waals surface area contributed by atoms with Gasteiger partial charge in [0.25, 0.3) is 0 Å². The zero-order valence-electron chi connectivity index (χ0n) is 69.4. The van der Waals surface area contributed by atoms with Gasteiger partial charge < -0.3 is 33.8 Å². The van der Waals surface area contributed by atoms with Crippen molar-refractivity contribution in [2.75, 3.05) is 39.6 Å². The molecular weight excluding hydrogens is 1370 g/mol. The lowest BCUT2D eigenvalue weighted by atomic mass is 9.99. The molecule has 0 aromatic rings. The first-order chi connectivity index (χ1) is 50.6. The van der Waals surface area contributed by atoms with Gasteiger partial charge in [-0.15, -0.1) is 0 Å². The van der Waals surface area contributed by atoms with E-state index in [0.29, 0.717) is 31.6 Å². The Bertz CT molecular complexity index is 2040. The van der Waals surface area contributed by atoms with Crippen LogP contribution in [0.2, 0.25) is 0 Å². The molecule has 0 fully saturated rings. The van der Waals surface area contributed by atoms with Crippen LogP contribution < -0.4 is 0 Å². The average Bonchev–Trinajstić information content (AvgIpc) is 0.925. The van der Waals surface area contributed by atoms with Crippen LogP contribution in [0.1, 0.15) is 447 Å². The molecule has 3 N–H and O–H groups in total. The van der Waals surface area contributed by atoms with Gasteiger partial charge in [-0.25, -0.2) is 9.13 Å². The van der Waals surface area contributed by atoms with Crippen LogP contribution >= 0.6 is 15.6 Å². The van der Waals surface area contributed by atoms with Gasteiger partial charge >= 0.3 is 39.5 Å². The van der Waals surface area contributed by atoms with E-state index in [1.54, 1.807) is 0 Å². The van der Waals surface area contributed by atoms with Crippen LogP contribution in [0.25, 0.3) is 0 Å². The zero-order valence-corrected chi connectivity index (χ0v) is 71.2. The molecule has 3 unspecified atom stereocenters. The molecule has 0 aliphatic heterocycles. The summed E-state index contributed by atoms with van der Waals surface area (Å²) in [5, 5.41) is 10.7. The normalized spacial score (nSPS) is 14.2. The van der Waals surface area contributed by atoms with Crippen molar-refractivity contribution in [3.63, 3.8) is 0 Å². The van der Waals surface area contributed by atoms with E-state index < -0.39 is 97.5 Å². The summed E-state index contributed by atoms with van der Waals surface area (Å²) in [6, 6.07) is 0. The van der Waals surface area contributed by atoms with Crippen molar-refractivity contribution in [3.05, 3.63) is 0 Å². The Morgan fingerprint density at radius 1 is 0.267 bits per heavy atom. The van der Waals surface area contributed by atoms with E-state index in [1.165, 1.54) is 244 Å². The standard InChI is InChI=1S/C86H168O17P2/c1-9-79(8)65-57-49-40-34-28-21-17-12-10-11-13-18-22-29-35-41-50-58-66-83(88)96-72-81(102-85(90)68-60-52-42-36-30-23-19-15-14-16-20-26-32-38-46-54-62-76(2)3)74-100-104(92,93)98-70-80(87)71-99-105(94,95)101-75-82(73-97-84(89)67-59-51-45-44-48-56-64-78(6)7)103-86(91)69-61-53-43-37-31-25-24-27-33-39-47-55-63-77(4)5/h76-82,87H,9-75H2,1-8H3,(H,92,93)(H,94,95)/t79?,80-,81-,82-/m1/s1. The highest BCUT2D eigenvalue weighted by Crippen LogP contribution is 2.45. The number of phosphoric ester groups is 2. The fourth-order valence-electron chi connectivity index (χ4n) is 13.3. The molecule has 6 atom stereocenters. The molecule has 0 amide bonds. The number of ether oxygens (including phenoxy) is 4. The molecule has 0 bridgehead atoms. The van der Waals surface area contributed by atoms with E-state index in [9.17, 15) is 43.2 Å². The van der Waals surface area contributed by atoms with Crippen LogP contribution in [-0.4, -0.2) is 96.7 Å². The fraction of sp³-hybridized carbons (Fsp3) is 0.953. The van der Waals surface area contributed by atoms with E-state index >= 15 is 0 Å². The number of carbonyl (C=O) groups is 4. The minimum Gasteiger partial charge on any atom is -0.462 e. The molecule has 624 valence electrons. The van der Waals surface area contributed by atoms with Gasteiger partial charge in [0, 0.05) is 25.7 Å². The first-order valence-corrected chi connectivity index (χ1v) is 47.2. The highest BCUT2D eigenvalue weighted by atomic mass is 31.2. The van der Waals surface area contributed by atoms with Crippen LogP contribution in [0.5, 0.6) is 0 Å². The molecule has 0 saturated carbocycles. The molecule has 0 aromatic heterocycles. The van der Waals surface area contributed by atoms with Crippen molar-refractivity contribution in [1.29, 1.82) is 0 Å². The van der Waals surface area contributed by atoms with Gasteiger partial charge in [-0.3, -0.25) is 37.3 Å². The minimum atomic E-state index is -4.97.